The van der Waals surface area contributed by atoms with Crippen LogP contribution in [0.25, 0.3) is 0 Å². The second kappa shape index (κ2) is 8.10. The van der Waals surface area contributed by atoms with Gasteiger partial charge in [-0.15, -0.1) is 0 Å². The van der Waals surface area contributed by atoms with Crippen molar-refractivity contribution in [1.29, 1.82) is 0 Å². The fourth-order valence-corrected chi connectivity index (χ4v) is 1.62. The lowest BCUT2D eigenvalue weighted by molar-refractivity contribution is 0.0950. The highest BCUT2D eigenvalue weighted by atomic mass is 19.1. The first-order valence-corrected chi connectivity index (χ1v) is 6.75. The largest absolute Gasteiger partial charge is 0.348 e. The van der Waals surface area contributed by atoms with Gasteiger partial charge < -0.3 is 5.32 Å². The van der Waals surface area contributed by atoms with Gasteiger partial charge in [0.2, 0.25) is 0 Å². The minimum atomic E-state index is -0.304. The highest BCUT2D eigenvalue weighted by Crippen LogP contribution is 2.07. The van der Waals surface area contributed by atoms with Crippen molar-refractivity contribution in [2.75, 3.05) is 0 Å². The number of carbonyl (C=O) groups is 1. The van der Waals surface area contributed by atoms with Crippen molar-refractivity contribution < 1.29 is 9.18 Å². The lowest BCUT2D eigenvalue weighted by Gasteiger charge is -2.06. The first-order valence-electron chi connectivity index (χ1n) is 6.75. The number of carbonyl (C=O) groups excluding carboxylic acids is 1. The monoisotopic (exact) mass is 273 g/mol. The zero-order valence-electron chi connectivity index (χ0n) is 12.1. The number of amides is 1. The third-order valence-electron chi connectivity index (χ3n) is 2.71. The molecule has 0 spiro atoms. The van der Waals surface area contributed by atoms with Crippen molar-refractivity contribution in [2.24, 2.45) is 0 Å². The zero-order valence-corrected chi connectivity index (χ0v) is 12.1. The lowest BCUT2D eigenvalue weighted by Crippen LogP contribution is -2.23. The molecule has 106 valence electrons. The van der Waals surface area contributed by atoms with E-state index in [-0.39, 0.29) is 18.3 Å². The van der Waals surface area contributed by atoms with Crippen LogP contribution in [0.15, 0.2) is 48.5 Å². The van der Waals surface area contributed by atoms with Gasteiger partial charge in [0.1, 0.15) is 5.82 Å². The summed E-state index contributed by atoms with van der Waals surface area (Å²) in [5, 5.41) is 2.70. The van der Waals surface area contributed by atoms with Crippen molar-refractivity contribution >= 4 is 5.91 Å². The average molecular weight is 273 g/mol. The maximum Gasteiger partial charge on any atom is 0.251 e. The number of rotatable bonds is 3. The highest BCUT2D eigenvalue weighted by molar-refractivity contribution is 5.94. The summed E-state index contributed by atoms with van der Waals surface area (Å²) in [6.45, 7) is 6.15. The van der Waals surface area contributed by atoms with Gasteiger partial charge in [0.25, 0.3) is 5.91 Å². The summed E-state index contributed by atoms with van der Waals surface area (Å²) in [6.07, 6.45) is 0. The van der Waals surface area contributed by atoms with Gasteiger partial charge in [-0.05, 0) is 25.1 Å². The molecular weight excluding hydrogens is 253 g/mol. The van der Waals surface area contributed by atoms with E-state index in [0.717, 1.165) is 5.56 Å². The van der Waals surface area contributed by atoms with E-state index in [1.807, 2.05) is 32.9 Å². The molecule has 0 aliphatic heterocycles. The summed E-state index contributed by atoms with van der Waals surface area (Å²) >= 11 is 0. The predicted octanol–water partition coefficient (Wildman–Crippen LogP) is 4.09. The molecule has 0 aliphatic carbocycles. The number of hydrogen-bond donors (Lipinski definition) is 1. The van der Waals surface area contributed by atoms with Crippen LogP contribution in [0.4, 0.5) is 4.39 Å². The number of benzene rings is 2. The molecule has 0 radical (unpaired) electrons. The summed E-state index contributed by atoms with van der Waals surface area (Å²) in [5.41, 5.74) is 2.16. The van der Waals surface area contributed by atoms with E-state index in [4.69, 9.17) is 0 Å². The molecule has 0 unspecified atom stereocenters. The Bertz CT molecular complexity index is 549. The van der Waals surface area contributed by atoms with Crippen LogP contribution in [0.2, 0.25) is 0 Å². The maximum absolute atomic E-state index is 13.3. The summed E-state index contributed by atoms with van der Waals surface area (Å²) in [6, 6.07) is 13.7. The molecule has 20 heavy (non-hydrogen) atoms. The molecule has 1 N–H and O–H groups in total. The Labute approximate surface area is 119 Å². The Morgan fingerprint density at radius 2 is 1.65 bits per heavy atom. The van der Waals surface area contributed by atoms with Gasteiger partial charge in [0, 0.05) is 17.7 Å². The van der Waals surface area contributed by atoms with Crippen LogP contribution in [-0.2, 0) is 6.54 Å². The fourth-order valence-electron chi connectivity index (χ4n) is 1.62. The smallest absolute Gasteiger partial charge is 0.251 e. The van der Waals surface area contributed by atoms with Gasteiger partial charge in [-0.2, -0.15) is 0 Å². The quantitative estimate of drug-likeness (QED) is 0.896. The topological polar surface area (TPSA) is 29.1 Å². The second-order valence-electron chi connectivity index (χ2n) is 4.14. The van der Waals surface area contributed by atoms with Crippen LogP contribution in [0.1, 0.15) is 35.3 Å². The summed E-state index contributed by atoms with van der Waals surface area (Å²) < 4.78 is 13.3. The van der Waals surface area contributed by atoms with Crippen LogP contribution in [0.5, 0.6) is 0 Å². The maximum atomic E-state index is 13.3. The molecule has 0 aliphatic rings. The Morgan fingerprint density at radius 3 is 2.25 bits per heavy atom. The van der Waals surface area contributed by atoms with Crippen molar-refractivity contribution in [1.82, 2.24) is 5.32 Å². The molecule has 3 heteroatoms. The molecule has 2 aromatic carbocycles. The number of halogens is 1. The lowest BCUT2D eigenvalue weighted by atomic mass is 10.1. The Balaban J connectivity index is 0.000000956. The van der Waals surface area contributed by atoms with E-state index in [0.29, 0.717) is 11.1 Å². The van der Waals surface area contributed by atoms with Crippen LogP contribution >= 0.6 is 0 Å². The average Bonchev–Trinajstić information content (AvgIpc) is 2.49. The van der Waals surface area contributed by atoms with Gasteiger partial charge in [-0.1, -0.05) is 49.7 Å². The van der Waals surface area contributed by atoms with Crippen molar-refractivity contribution in [3.63, 3.8) is 0 Å². The van der Waals surface area contributed by atoms with E-state index in [1.54, 1.807) is 30.3 Å². The van der Waals surface area contributed by atoms with Gasteiger partial charge >= 0.3 is 0 Å². The van der Waals surface area contributed by atoms with Crippen molar-refractivity contribution in [2.45, 2.75) is 27.3 Å². The first-order chi connectivity index (χ1) is 9.66. The molecule has 2 rings (SSSR count). The molecule has 0 saturated heterocycles. The number of aryl methyl sites for hydroxylation is 1. The van der Waals surface area contributed by atoms with E-state index < -0.39 is 0 Å². The fraction of sp³-hybridized carbons (Fsp3) is 0.235. The minimum absolute atomic E-state index is 0.194. The van der Waals surface area contributed by atoms with Crippen molar-refractivity contribution in [3.05, 3.63) is 71.0 Å². The summed E-state index contributed by atoms with van der Waals surface area (Å²) in [7, 11) is 0. The standard InChI is InChI=1S/C15H14FNO.C2H6/c1-11-6-8-12(9-7-11)15(18)17-10-13-4-2-3-5-14(13)16;1-2/h2-9H,10H2,1H3,(H,17,18);1-2H3. The molecular formula is C17H20FNO. The summed E-state index contributed by atoms with van der Waals surface area (Å²) in [5.74, 6) is -0.500. The van der Waals surface area contributed by atoms with E-state index in [2.05, 4.69) is 5.32 Å². The Morgan fingerprint density at radius 1 is 1.05 bits per heavy atom. The first kappa shape index (κ1) is 15.9. The zero-order chi connectivity index (χ0) is 15.0. The SMILES string of the molecule is CC.Cc1ccc(C(=O)NCc2ccccc2F)cc1. The van der Waals surface area contributed by atoms with Crippen LogP contribution in [-0.4, -0.2) is 5.91 Å². The minimum Gasteiger partial charge on any atom is -0.348 e. The normalized spacial score (nSPS) is 9.40. The van der Waals surface area contributed by atoms with Crippen LogP contribution in [0.3, 0.4) is 0 Å². The van der Waals surface area contributed by atoms with E-state index in [1.165, 1.54) is 6.07 Å². The molecule has 0 aromatic heterocycles. The van der Waals surface area contributed by atoms with Crippen LogP contribution < -0.4 is 5.32 Å². The van der Waals surface area contributed by atoms with Crippen LogP contribution in [0, 0.1) is 12.7 Å². The van der Waals surface area contributed by atoms with Gasteiger partial charge in [0.05, 0.1) is 0 Å². The van der Waals surface area contributed by atoms with Gasteiger partial charge in [-0.3, -0.25) is 4.79 Å². The number of nitrogens with one attached hydrogen (secondary N) is 1. The molecule has 0 fully saturated rings. The molecule has 2 nitrogen and oxygen atoms in total. The third-order valence-corrected chi connectivity index (χ3v) is 2.71. The van der Waals surface area contributed by atoms with E-state index in [9.17, 15) is 9.18 Å². The molecule has 1 amide bonds. The molecule has 0 atom stereocenters. The molecule has 2 aromatic rings. The second-order valence-corrected chi connectivity index (χ2v) is 4.14. The molecule has 0 bridgehead atoms. The number of hydrogen-bond acceptors (Lipinski definition) is 1. The predicted molar refractivity (Wildman–Crippen MR) is 80.1 cm³/mol. The van der Waals surface area contributed by atoms with E-state index >= 15 is 0 Å². The Kier molecular flexibility index (Phi) is 6.44. The van der Waals surface area contributed by atoms with Crippen molar-refractivity contribution in [3.8, 4) is 0 Å². The Hall–Kier alpha value is -2.16. The third kappa shape index (κ3) is 4.50. The van der Waals surface area contributed by atoms with Gasteiger partial charge in [-0.25, -0.2) is 4.39 Å². The highest BCUT2D eigenvalue weighted by Gasteiger charge is 2.06. The molecule has 0 saturated carbocycles. The summed E-state index contributed by atoms with van der Waals surface area (Å²) in [4.78, 5) is 11.8. The van der Waals surface area contributed by atoms with Gasteiger partial charge in [0.15, 0.2) is 0 Å². The molecule has 0 heterocycles.